The lowest BCUT2D eigenvalue weighted by Gasteiger charge is -2.34. The summed E-state index contributed by atoms with van der Waals surface area (Å²) in [5, 5.41) is 23.3. The van der Waals surface area contributed by atoms with E-state index >= 15 is 0 Å². The summed E-state index contributed by atoms with van der Waals surface area (Å²) in [6, 6.07) is 11.8. The van der Waals surface area contributed by atoms with Crippen molar-refractivity contribution in [2.75, 3.05) is 26.2 Å². The van der Waals surface area contributed by atoms with Crippen LogP contribution >= 0.6 is 0 Å². The molecule has 56 heavy (non-hydrogen) atoms. The Balaban J connectivity index is 1.43. The zero-order chi connectivity index (χ0) is 40.3. The first-order chi connectivity index (χ1) is 26.9. The lowest BCUT2D eigenvalue weighted by molar-refractivity contribution is -0.131. The number of carbonyl (C=O) groups excluding carboxylic acids is 4. The summed E-state index contributed by atoms with van der Waals surface area (Å²) in [6.45, 7) is 6.85. The summed E-state index contributed by atoms with van der Waals surface area (Å²) in [5.74, 6) is -0.0312. The lowest BCUT2D eigenvalue weighted by atomic mass is 9.83. The molecular formula is C42H65N7O7. The monoisotopic (exact) mass is 779 g/mol. The number of amides is 5. The third-order valence-corrected chi connectivity index (χ3v) is 10.4. The first-order valence-corrected chi connectivity index (χ1v) is 20.5. The molecule has 5 amide bonds. The lowest BCUT2D eigenvalue weighted by Crippen LogP contribution is -2.58. The van der Waals surface area contributed by atoms with Gasteiger partial charge in [0, 0.05) is 44.2 Å². The van der Waals surface area contributed by atoms with E-state index in [4.69, 9.17) is 15.2 Å². The van der Waals surface area contributed by atoms with E-state index in [1.54, 1.807) is 44.0 Å². The van der Waals surface area contributed by atoms with Gasteiger partial charge in [-0.15, -0.1) is 0 Å². The largest absolute Gasteiger partial charge is 0.478 e. The normalized spacial score (nSPS) is 17.5. The summed E-state index contributed by atoms with van der Waals surface area (Å²) in [4.78, 5) is 60.0. The summed E-state index contributed by atoms with van der Waals surface area (Å²) >= 11 is 0. The maximum absolute atomic E-state index is 14.1. The molecule has 1 aliphatic heterocycles. The van der Waals surface area contributed by atoms with Crippen LogP contribution in [0.25, 0.3) is 0 Å². The maximum atomic E-state index is 14.1. The van der Waals surface area contributed by atoms with E-state index in [9.17, 15) is 24.3 Å². The number of piperidine rings is 1. The van der Waals surface area contributed by atoms with Gasteiger partial charge in [0.2, 0.25) is 17.7 Å². The van der Waals surface area contributed by atoms with Crippen LogP contribution in [-0.2, 0) is 20.7 Å². The van der Waals surface area contributed by atoms with Crippen LogP contribution in [0.15, 0.2) is 54.7 Å². The molecule has 0 radical (unpaired) electrons. The number of nitrogens with two attached hydrogens (primary N) is 1. The predicted molar refractivity (Wildman–Crippen MR) is 215 cm³/mol. The minimum Gasteiger partial charge on any atom is -0.478 e. The number of nitrogens with zero attached hydrogens (tertiary/aromatic N) is 2. The number of carbonyl (C=O) groups is 4. The fraction of sp³-hybridized carbons (Fsp3) is 0.643. The third kappa shape index (κ3) is 16.0. The van der Waals surface area contributed by atoms with Crippen LogP contribution in [0.1, 0.15) is 103 Å². The first-order valence-electron chi connectivity index (χ1n) is 20.5. The molecule has 1 saturated heterocycles. The number of aliphatic hydroxyl groups excluding tert-OH is 1. The number of alkyl carbamates (subject to hydrolysis) is 1. The molecule has 1 saturated carbocycles. The fourth-order valence-corrected chi connectivity index (χ4v) is 7.33. The average Bonchev–Trinajstić information content (AvgIpc) is 3.17. The Morgan fingerprint density at radius 3 is 2.23 bits per heavy atom. The van der Waals surface area contributed by atoms with Crippen LogP contribution in [0.5, 0.6) is 5.88 Å². The molecule has 2 heterocycles. The quantitative estimate of drug-likeness (QED) is 0.111. The van der Waals surface area contributed by atoms with Crippen molar-refractivity contribution in [1.82, 2.24) is 31.2 Å². The molecule has 0 spiro atoms. The zero-order valence-corrected chi connectivity index (χ0v) is 33.5. The SMILES string of the molecule is CC(C)(C)OC(=O)NC1CCN(C(=O)N[C@@H](Cc2ccccc2)C(=O)N[C@@H](CCCCN)C(=O)N[C@@H](CC2CCCCC2)[C@@H](O)CCOc2ccccn2)CC1. The van der Waals surface area contributed by atoms with Crippen LogP contribution in [0, 0.1) is 5.92 Å². The summed E-state index contributed by atoms with van der Waals surface area (Å²) in [7, 11) is 0. The molecule has 2 aromatic rings. The Hall–Kier alpha value is -4.43. The second-order valence-corrected chi connectivity index (χ2v) is 16.2. The third-order valence-electron chi connectivity index (χ3n) is 10.4. The minimum absolute atomic E-state index is 0.140. The second-order valence-electron chi connectivity index (χ2n) is 16.2. The van der Waals surface area contributed by atoms with Gasteiger partial charge in [-0.25, -0.2) is 14.6 Å². The molecule has 4 rings (SSSR count). The van der Waals surface area contributed by atoms with E-state index in [1.807, 2.05) is 36.4 Å². The molecule has 7 N–H and O–H groups in total. The Morgan fingerprint density at radius 1 is 0.875 bits per heavy atom. The van der Waals surface area contributed by atoms with Gasteiger partial charge < -0.3 is 46.5 Å². The van der Waals surface area contributed by atoms with Crippen molar-refractivity contribution in [2.24, 2.45) is 11.7 Å². The van der Waals surface area contributed by atoms with Crippen molar-refractivity contribution in [1.29, 1.82) is 0 Å². The first kappa shape index (κ1) is 44.3. The Kier molecular flexibility index (Phi) is 18.2. The highest BCUT2D eigenvalue weighted by Gasteiger charge is 2.33. The van der Waals surface area contributed by atoms with Crippen molar-refractivity contribution >= 4 is 23.9 Å². The Morgan fingerprint density at radius 2 is 1.57 bits per heavy atom. The van der Waals surface area contributed by atoms with E-state index in [2.05, 4.69) is 26.3 Å². The number of hydrogen-bond donors (Lipinski definition) is 6. The number of ether oxygens (including phenoxy) is 2. The minimum atomic E-state index is -0.973. The van der Waals surface area contributed by atoms with Gasteiger partial charge in [-0.2, -0.15) is 0 Å². The number of aromatic nitrogens is 1. The van der Waals surface area contributed by atoms with Gasteiger partial charge in [-0.1, -0.05) is 68.5 Å². The van der Waals surface area contributed by atoms with Gasteiger partial charge in [-0.3, -0.25) is 9.59 Å². The van der Waals surface area contributed by atoms with Crippen molar-refractivity contribution < 1.29 is 33.8 Å². The van der Waals surface area contributed by atoms with E-state index in [0.717, 1.165) is 31.2 Å². The van der Waals surface area contributed by atoms with Crippen molar-refractivity contribution in [3.8, 4) is 5.88 Å². The molecule has 2 aliphatic rings. The van der Waals surface area contributed by atoms with E-state index in [1.165, 1.54) is 6.42 Å². The number of rotatable bonds is 19. The molecular weight excluding hydrogens is 715 g/mol. The topological polar surface area (TPSA) is 197 Å². The van der Waals surface area contributed by atoms with Crippen LogP contribution in [0.4, 0.5) is 9.59 Å². The summed E-state index contributed by atoms with van der Waals surface area (Å²) < 4.78 is 11.1. The highest BCUT2D eigenvalue weighted by atomic mass is 16.6. The Labute approximate surface area is 332 Å². The number of likely N-dealkylation sites (tertiary alicyclic amines) is 1. The van der Waals surface area contributed by atoms with E-state index < -0.39 is 47.9 Å². The second kappa shape index (κ2) is 23.0. The summed E-state index contributed by atoms with van der Waals surface area (Å²) in [5.41, 5.74) is 6.04. The van der Waals surface area contributed by atoms with Crippen molar-refractivity contribution in [3.05, 3.63) is 60.3 Å². The van der Waals surface area contributed by atoms with Gasteiger partial charge in [0.25, 0.3) is 0 Å². The molecule has 0 unspecified atom stereocenters. The number of benzene rings is 1. The Bertz CT molecular complexity index is 1480. The van der Waals surface area contributed by atoms with Crippen molar-refractivity contribution in [2.45, 2.75) is 140 Å². The molecule has 0 bridgehead atoms. The number of aliphatic hydroxyl groups is 1. The van der Waals surface area contributed by atoms with Crippen LogP contribution in [0.3, 0.4) is 0 Å². The van der Waals surface area contributed by atoms with E-state index in [0.29, 0.717) is 70.0 Å². The van der Waals surface area contributed by atoms with Crippen LogP contribution in [-0.4, -0.2) is 101 Å². The molecule has 14 heteroatoms. The van der Waals surface area contributed by atoms with Gasteiger partial charge in [0.1, 0.15) is 17.7 Å². The van der Waals surface area contributed by atoms with Crippen LogP contribution in [0.2, 0.25) is 0 Å². The maximum Gasteiger partial charge on any atom is 0.407 e. The number of urea groups is 1. The molecule has 4 atom stereocenters. The standard InChI is InChI=1S/C42H65N7O7/c1-42(2,3)56-41(54)45-32-20-25-49(26-21-32)40(53)48-35(29-31-16-8-5-9-17-31)39(52)46-33(18-10-12-23-43)38(51)47-34(28-30-14-6-4-7-15-30)36(50)22-27-55-37-19-11-13-24-44-37/h5,8-9,11,13,16-17,19,24,30,32-36,50H,4,6-7,10,12,14-15,18,20-23,25-29,43H2,1-3H3,(H,45,54)(H,46,52)(H,47,51)(H,48,53)/t33-,34-,35-,36-/m0/s1. The fourth-order valence-electron chi connectivity index (χ4n) is 7.33. The van der Waals surface area contributed by atoms with Gasteiger partial charge in [0.15, 0.2) is 0 Å². The molecule has 1 aliphatic carbocycles. The number of pyridine rings is 1. The number of hydrogen-bond acceptors (Lipinski definition) is 9. The van der Waals surface area contributed by atoms with Crippen molar-refractivity contribution in [3.63, 3.8) is 0 Å². The molecule has 1 aromatic carbocycles. The van der Waals surface area contributed by atoms with Gasteiger partial charge >= 0.3 is 12.1 Å². The van der Waals surface area contributed by atoms with Crippen LogP contribution < -0.4 is 31.7 Å². The number of nitrogens with one attached hydrogen (secondary N) is 4. The smallest absolute Gasteiger partial charge is 0.407 e. The number of unbranched alkanes of at least 4 members (excludes halogenated alkanes) is 1. The van der Waals surface area contributed by atoms with Gasteiger partial charge in [0.05, 0.1) is 18.8 Å². The highest BCUT2D eigenvalue weighted by Crippen LogP contribution is 2.28. The van der Waals surface area contributed by atoms with E-state index in [-0.39, 0.29) is 31.4 Å². The summed E-state index contributed by atoms with van der Waals surface area (Å²) in [6.07, 6.45) is 9.60. The molecule has 1 aromatic heterocycles. The average molecular weight is 780 g/mol. The molecule has 14 nitrogen and oxygen atoms in total. The molecule has 310 valence electrons. The highest BCUT2D eigenvalue weighted by molar-refractivity contribution is 5.92. The van der Waals surface area contributed by atoms with Gasteiger partial charge in [-0.05, 0) is 83.4 Å². The predicted octanol–water partition coefficient (Wildman–Crippen LogP) is 4.59. The molecule has 2 fully saturated rings. The zero-order valence-electron chi connectivity index (χ0n) is 33.5.